The Morgan fingerprint density at radius 1 is 1.44 bits per heavy atom. The Kier molecular flexibility index (Phi) is 2.55. The Morgan fingerprint density at radius 3 is 2.88 bits per heavy atom. The highest BCUT2D eigenvalue weighted by atomic mass is 16.1. The van der Waals surface area contributed by atoms with E-state index in [9.17, 15) is 4.79 Å². The number of rotatable bonds is 3. The number of imidazole rings is 1. The monoisotopic (exact) mass is 219 g/mol. The van der Waals surface area contributed by atoms with E-state index >= 15 is 0 Å². The van der Waals surface area contributed by atoms with Crippen LogP contribution in [0.2, 0.25) is 0 Å². The summed E-state index contributed by atoms with van der Waals surface area (Å²) in [7, 11) is 0. The Hall–Kier alpha value is -1.98. The third-order valence-electron chi connectivity index (χ3n) is 2.40. The molecule has 0 saturated heterocycles. The molecule has 0 aliphatic heterocycles. The lowest BCUT2D eigenvalue weighted by Crippen LogP contribution is -2.15. The summed E-state index contributed by atoms with van der Waals surface area (Å²) in [5.74, 6) is 0.467. The third kappa shape index (κ3) is 1.73. The van der Waals surface area contributed by atoms with Gasteiger partial charge < -0.3 is 10.3 Å². The second-order valence-electron chi connectivity index (χ2n) is 3.92. The zero-order valence-electron chi connectivity index (χ0n) is 9.21. The number of nitrogens with zero attached hydrogens (tertiary/aromatic N) is 4. The van der Waals surface area contributed by atoms with Gasteiger partial charge in [0.05, 0.1) is 12.9 Å². The number of nitrogen functional groups attached to an aromatic ring is 1. The summed E-state index contributed by atoms with van der Waals surface area (Å²) in [5, 5.41) is 0. The molecule has 6 nitrogen and oxygen atoms in total. The lowest BCUT2D eigenvalue weighted by molar-refractivity contribution is -0.122. The van der Waals surface area contributed by atoms with Crippen molar-refractivity contribution in [2.24, 2.45) is 5.92 Å². The van der Waals surface area contributed by atoms with Crippen molar-refractivity contribution in [2.45, 2.75) is 20.4 Å². The summed E-state index contributed by atoms with van der Waals surface area (Å²) in [4.78, 5) is 23.6. The van der Waals surface area contributed by atoms with Crippen LogP contribution in [0.4, 0.5) is 5.82 Å². The molecule has 2 heterocycles. The summed E-state index contributed by atoms with van der Waals surface area (Å²) in [6.45, 7) is 4.00. The zero-order chi connectivity index (χ0) is 11.7. The van der Waals surface area contributed by atoms with Gasteiger partial charge >= 0.3 is 0 Å². The molecule has 0 bridgehead atoms. The van der Waals surface area contributed by atoms with Gasteiger partial charge in [0.15, 0.2) is 17.2 Å². The van der Waals surface area contributed by atoms with Crippen molar-refractivity contribution >= 4 is 22.8 Å². The summed E-state index contributed by atoms with van der Waals surface area (Å²) >= 11 is 0. The molecule has 0 saturated carbocycles. The molecule has 0 unspecified atom stereocenters. The number of hydrogen-bond donors (Lipinski definition) is 1. The Morgan fingerprint density at radius 2 is 2.19 bits per heavy atom. The molecule has 0 spiro atoms. The second kappa shape index (κ2) is 3.88. The predicted molar refractivity (Wildman–Crippen MR) is 59.6 cm³/mol. The van der Waals surface area contributed by atoms with Crippen LogP contribution >= 0.6 is 0 Å². The van der Waals surface area contributed by atoms with Crippen molar-refractivity contribution in [1.82, 2.24) is 19.5 Å². The Balaban J connectivity index is 2.39. The van der Waals surface area contributed by atoms with E-state index < -0.39 is 0 Å². The third-order valence-corrected chi connectivity index (χ3v) is 2.40. The van der Waals surface area contributed by atoms with Crippen LogP contribution in [0.15, 0.2) is 12.7 Å². The Labute approximate surface area is 92.5 Å². The van der Waals surface area contributed by atoms with Gasteiger partial charge in [-0.25, -0.2) is 15.0 Å². The second-order valence-corrected chi connectivity index (χ2v) is 3.92. The molecule has 2 aromatic heterocycles. The molecule has 0 radical (unpaired) electrons. The van der Waals surface area contributed by atoms with Gasteiger partial charge in [-0.2, -0.15) is 0 Å². The summed E-state index contributed by atoms with van der Waals surface area (Å²) < 4.78 is 1.69. The van der Waals surface area contributed by atoms with E-state index in [1.54, 1.807) is 10.9 Å². The fraction of sp³-hybridized carbons (Fsp3) is 0.400. The van der Waals surface area contributed by atoms with Gasteiger partial charge in [0, 0.05) is 5.92 Å². The van der Waals surface area contributed by atoms with Gasteiger partial charge in [0.2, 0.25) is 0 Å². The van der Waals surface area contributed by atoms with Crippen molar-refractivity contribution in [2.75, 3.05) is 5.73 Å². The van der Waals surface area contributed by atoms with E-state index in [1.807, 2.05) is 13.8 Å². The van der Waals surface area contributed by atoms with E-state index in [1.165, 1.54) is 6.33 Å². The average Bonchev–Trinajstić information content (AvgIpc) is 2.63. The van der Waals surface area contributed by atoms with Crippen molar-refractivity contribution in [3.63, 3.8) is 0 Å². The molecule has 16 heavy (non-hydrogen) atoms. The van der Waals surface area contributed by atoms with E-state index in [0.29, 0.717) is 17.0 Å². The van der Waals surface area contributed by atoms with E-state index in [2.05, 4.69) is 15.0 Å². The van der Waals surface area contributed by atoms with Crippen LogP contribution in [-0.2, 0) is 11.3 Å². The van der Waals surface area contributed by atoms with Crippen molar-refractivity contribution < 1.29 is 4.79 Å². The largest absolute Gasteiger partial charge is 0.382 e. The number of aromatic nitrogens is 4. The van der Waals surface area contributed by atoms with Crippen molar-refractivity contribution in [3.05, 3.63) is 12.7 Å². The minimum absolute atomic E-state index is 0.00312. The van der Waals surface area contributed by atoms with Crippen LogP contribution < -0.4 is 5.73 Å². The molecular formula is C10H13N5O. The molecule has 2 aromatic rings. The van der Waals surface area contributed by atoms with Gasteiger partial charge in [-0.05, 0) is 0 Å². The molecule has 0 aromatic carbocycles. The highest BCUT2D eigenvalue weighted by molar-refractivity contribution is 5.84. The lowest BCUT2D eigenvalue weighted by Gasteiger charge is -2.05. The summed E-state index contributed by atoms with van der Waals surface area (Å²) in [6, 6.07) is 0. The minimum atomic E-state index is -0.00312. The average molecular weight is 219 g/mol. The molecule has 6 heteroatoms. The van der Waals surface area contributed by atoms with Gasteiger partial charge in [-0.3, -0.25) is 4.79 Å². The number of carbonyl (C=O) groups is 1. The number of Topliss-reactive ketones (excluding diaryl/α,β-unsaturated/α-hetero) is 1. The topological polar surface area (TPSA) is 86.7 Å². The first-order valence-electron chi connectivity index (χ1n) is 5.03. The molecular weight excluding hydrogens is 206 g/mol. The maximum absolute atomic E-state index is 11.6. The van der Waals surface area contributed by atoms with Crippen LogP contribution in [0.1, 0.15) is 13.8 Å². The van der Waals surface area contributed by atoms with Crippen LogP contribution in [-0.4, -0.2) is 25.3 Å². The van der Waals surface area contributed by atoms with E-state index in [4.69, 9.17) is 5.73 Å². The lowest BCUT2D eigenvalue weighted by atomic mass is 10.1. The number of hydrogen-bond acceptors (Lipinski definition) is 5. The van der Waals surface area contributed by atoms with Crippen LogP contribution in [0, 0.1) is 5.92 Å². The van der Waals surface area contributed by atoms with Gasteiger partial charge in [0.1, 0.15) is 11.8 Å². The van der Waals surface area contributed by atoms with Gasteiger partial charge in [-0.1, -0.05) is 13.8 Å². The standard InChI is InChI=1S/C10H13N5O/c1-6(2)7(16)3-15-5-14-8-9(11)12-4-13-10(8)15/h4-6H,3H2,1-2H3,(H2,11,12,13). The molecule has 0 fully saturated rings. The highest BCUT2D eigenvalue weighted by Crippen LogP contribution is 2.14. The number of carbonyl (C=O) groups excluding carboxylic acids is 1. The van der Waals surface area contributed by atoms with Crippen LogP contribution in [0.5, 0.6) is 0 Å². The zero-order valence-corrected chi connectivity index (χ0v) is 9.21. The SMILES string of the molecule is CC(C)C(=O)Cn1cnc2c(N)ncnc21. The van der Waals surface area contributed by atoms with Crippen LogP contribution in [0.25, 0.3) is 11.2 Å². The maximum Gasteiger partial charge on any atom is 0.165 e. The maximum atomic E-state index is 11.6. The first-order chi connectivity index (χ1) is 7.59. The molecule has 0 aliphatic rings. The van der Waals surface area contributed by atoms with Crippen molar-refractivity contribution in [3.8, 4) is 0 Å². The van der Waals surface area contributed by atoms with E-state index in [-0.39, 0.29) is 18.2 Å². The summed E-state index contributed by atoms with van der Waals surface area (Å²) in [6.07, 6.45) is 2.94. The molecule has 0 amide bonds. The molecule has 2 N–H and O–H groups in total. The van der Waals surface area contributed by atoms with Crippen LogP contribution in [0.3, 0.4) is 0 Å². The van der Waals surface area contributed by atoms with Gasteiger partial charge in [-0.15, -0.1) is 0 Å². The quantitative estimate of drug-likeness (QED) is 0.818. The van der Waals surface area contributed by atoms with E-state index in [0.717, 1.165) is 0 Å². The highest BCUT2D eigenvalue weighted by Gasteiger charge is 2.12. The predicted octanol–water partition coefficient (Wildman–Crippen LogP) is 0.634. The first-order valence-corrected chi connectivity index (χ1v) is 5.03. The molecule has 0 aliphatic carbocycles. The smallest absolute Gasteiger partial charge is 0.165 e. The minimum Gasteiger partial charge on any atom is -0.382 e. The molecule has 2 rings (SSSR count). The fourth-order valence-corrected chi connectivity index (χ4v) is 1.36. The molecule has 0 atom stereocenters. The first kappa shape index (κ1) is 10.5. The normalized spacial score (nSPS) is 11.2. The van der Waals surface area contributed by atoms with Gasteiger partial charge in [0.25, 0.3) is 0 Å². The number of nitrogens with two attached hydrogens (primary N) is 1. The summed E-state index contributed by atoms with van der Waals surface area (Å²) in [5.41, 5.74) is 6.79. The number of anilines is 1. The number of ketones is 1. The number of fused-ring (bicyclic) bond motifs is 1. The Bertz CT molecular complexity index is 531. The van der Waals surface area contributed by atoms with Crippen molar-refractivity contribution in [1.29, 1.82) is 0 Å². The fourth-order valence-electron chi connectivity index (χ4n) is 1.36. The molecule has 84 valence electrons.